The predicted molar refractivity (Wildman–Crippen MR) is 96.7 cm³/mol. The molecule has 1 aromatic heterocycles. The van der Waals surface area contributed by atoms with Gasteiger partial charge in [0, 0.05) is 31.5 Å². The first-order valence-electron chi connectivity index (χ1n) is 7.08. The monoisotopic (exact) mass is 466 g/mol. The van der Waals surface area contributed by atoms with Crippen molar-refractivity contribution in [3.8, 4) is 0 Å². The maximum Gasteiger partial charge on any atom is 0.434 e. The average Bonchev–Trinajstić information content (AvgIpc) is 2.92. The quantitative estimate of drug-likeness (QED) is 0.268. The molecule has 10 heteroatoms. The summed E-state index contributed by atoms with van der Waals surface area (Å²) in [6.07, 6.45) is -3.96. The van der Waals surface area contributed by atoms with Crippen molar-refractivity contribution in [2.24, 2.45) is 4.99 Å². The number of nitrogens with one attached hydrogen (secondary N) is 2. The molecular weight excluding hydrogens is 444 g/mol. The van der Waals surface area contributed by atoms with Gasteiger partial charge in [-0.15, -0.1) is 35.3 Å². The topological polar surface area (TPSA) is 58.5 Å². The Morgan fingerprint density at radius 2 is 2.09 bits per heavy atom. The fraction of sp³-hybridized carbons (Fsp3) is 0.692. The van der Waals surface area contributed by atoms with Crippen LogP contribution in [0.4, 0.5) is 13.2 Å². The van der Waals surface area contributed by atoms with Gasteiger partial charge in [0.05, 0.1) is 18.2 Å². The largest absolute Gasteiger partial charge is 0.434 e. The molecule has 0 spiro atoms. The Labute approximate surface area is 155 Å². The van der Waals surface area contributed by atoms with Gasteiger partial charge in [-0.05, 0) is 13.8 Å². The van der Waals surface area contributed by atoms with Gasteiger partial charge in [0.25, 0.3) is 0 Å². The second kappa shape index (κ2) is 11.8. The number of alkyl halides is 3. The van der Waals surface area contributed by atoms with Gasteiger partial charge in [0.1, 0.15) is 0 Å². The van der Waals surface area contributed by atoms with E-state index in [0.29, 0.717) is 50.2 Å². The fourth-order valence-electron chi connectivity index (χ4n) is 1.55. The molecule has 0 fully saturated rings. The van der Waals surface area contributed by atoms with Crippen LogP contribution in [0.1, 0.15) is 24.5 Å². The van der Waals surface area contributed by atoms with Crippen molar-refractivity contribution < 1.29 is 17.9 Å². The molecule has 0 atom stereocenters. The van der Waals surface area contributed by atoms with Crippen molar-refractivity contribution in [3.05, 3.63) is 16.1 Å². The van der Waals surface area contributed by atoms with Crippen molar-refractivity contribution in [2.75, 3.05) is 32.8 Å². The maximum atomic E-state index is 12.4. The van der Waals surface area contributed by atoms with E-state index in [1.807, 2.05) is 13.8 Å². The average molecular weight is 466 g/mol. The summed E-state index contributed by atoms with van der Waals surface area (Å²) in [5.74, 6) is 0.620. The highest BCUT2D eigenvalue weighted by molar-refractivity contribution is 14.0. The zero-order valence-electron chi connectivity index (χ0n) is 13.1. The summed E-state index contributed by atoms with van der Waals surface area (Å²) < 4.78 is 42.5. The van der Waals surface area contributed by atoms with Crippen LogP contribution in [0.3, 0.4) is 0 Å². The first-order valence-corrected chi connectivity index (χ1v) is 7.96. The molecule has 0 aliphatic rings. The number of nitrogens with zero attached hydrogens (tertiary/aromatic N) is 2. The normalized spacial score (nSPS) is 12.0. The van der Waals surface area contributed by atoms with Crippen molar-refractivity contribution >= 4 is 41.3 Å². The van der Waals surface area contributed by atoms with Crippen LogP contribution >= 0.6 is 35.3 Å². The number of rotatable bonds is 8. The van der Waals surface area contributed by atoms with Gasteiger partial charge in [0.15, 0.2) is 11.7 Å². The molecule has 1 aromatic rings. The Morgan fingerprint density at radius 1 is 1.35 bits per heavy atom. The predicted octanol–water partition coefficient (Wildman–Crippen LogP) is 2.91. The molecule has 0 aliphatic heterocycles. The molecule has 0 aromatic carbocycles. The number of hydrogen-bond acceptors (Lipinski definition) is 4. The first-order chi connectivity index (χ1) is 10.5. The standard InChI is InChI=1S/C13H21F3N4OS.HI/c1-3-17-12(19-7-8-21-4-2)18-6-5-11-20-10(9-22-11)13(14,15)16;/h9H,3-8H2,1-2H3,(H2,17,18,19);1H. The van der Waals surface area contributed by atoms with E-state index in [9.17, 15) is 13.2 Å². The number of aromatic nitrogens is 1. The minimum atomic E-state index is -4.38. The highest BCUT2D eigenvalue weighted by Crippen LogP contribution is 2.29. The van der Waals surface area contributed by atoms with E-state index in [1.54, 1.807) is 0 Å². The van der Waals surface area contributed by atoms with E-state index in [4.69, 9.17) is 4.74 Å². The molecule has 0 radical (unpaired) electrons. The summed E-state index contributed by atoms with van der Waals surface area (Å²) >= 11 is 1.01. The van der Waals surface area contributed by atoms with Crippen LogP contribution in [0.25, 0.3) is 0 Å². The summed E-state index contributed by atoms with van der Waals surface area (Å²) in [5.41, 5.74) is -0.829. The number of halogens is 4. The first kappa shape index (κ1) is 22.4. The van der Waals surface area contributed by atoms with Crippen LogP contribution in [0, 0.1) is 0 Å². The summed E-state index contributed by atoms with van der Waals surface area (Å²) in [5, 5.41) is 7.61. The van der Waals surface area contributed by atoms with Crippen molar-refractivity contribution in [2.45, 2.75) is 26.4 Å². The molecule has 0 bridgehead atoms. The summed E-state index contributed by atoms with van der Waals surface area (Å²) in [6.45, 7) is 6.73. The third-order valence-electron chi connectivity index (χ3n) is 2.53. The van der Waals surface area contributed by atoms with Crippen LogP contribution in [0.15, 0.2) is 10.4 Å². The second-order valence-electron chi connectivity index (χ2n) is 4.26. The third kappa shape index (κ3) is 9.30. The molecule has 0 aliphatic carbocycles. The highest BCUT2D eigenvalue weighted by Gasteiger charge is 2.33. The van der Waals surface area contributed by atoms with Gasteiger partial charge in [-0.1, -0.05) is 0 Å². The van der Waals surface area contributed by atoms with Gasteiger partial charge in [-0.25, -0.2) is 4.98 Å². The molecule has 2 N–H and O–H groups in total. The lowest BCUT2D eigenvalue weighted by molar-refractivity contribution is -0.140. The van der Waals surface area contributed by atoms with Crippen LogP contribution in [0.2, 0.25) is 0 Å². The number of hydrogen-bond donors (Lipinski definition) is 2. The molecule has 0 amide bonds. The molecule has 1 rings (SSSR count). The van der Waals surface area contributed by atoms with Gasteiger partial charge < -0.3 is 15.4 Å². The van der Waals surface area contributed by atoms with Gasteiger partial charge in [-0.2, -0.15) is 13.2 Å². The Hall–Kier alpha value is -0.620. The number of ether oxygens (including phenoxy) is 1. The Bertz CT molecular complexity index is 468. The molecule has 134 valence electrons. The van der Waals surface area contributed by atoms with Crippen LogP contribution in [-0.2, 0) is 17.3 Å². The Kier molecular flexibility index (Phi) is 11.5. The third-order valence-corrected chi connectivity index (χ3v) is 3.44. The Balaban J connectivity index is 0.00000484. The molecule has 1 heterocycles. The van der Waals surface area contributed by atoms with E-state index in [-0.39, 0.29) is 24.0 Å². The smallest absolute Gasteiger partial charge is 0.380 e. The van der Waals surface area contributed by atoms with Crippen molar-refractivity contribution in [1.82, 2.24) is 15.6 Å². The van der Waals surface area contributed by atoms with E-state index in [1.165, 1.54) is 0 Å². The van der Waals surface area contributed by atoms with Crippen LogP contribution in [0.5, 0.6) is 0 Å². The lowest BCUT2D eigenvalue weighted by Gasteiger charge is -2.10. The summed E-state index contributed by atoms with van der Waals surface area (Å²) in [4.78, 5) is 7.88. The highest BCUT2D eigenvalue weighted by atomic mass is 127. The second-order valence-corrected chi connectivity index (χ2v) is 5.20. The zero-order chi connectivity index (χ0) is 16.4. The molecule has 0 saturated heterocycles. The Morgan fingerprint density at radius 3 is 2.65 bits per heavy atom. The number of aliphatic imine (C=N–C) groups is 1. The van der Waals surface area contributed by atoms with Gasteiger partial charge >= 0.3 is 6.18 Å². The van der Waals surface area contributed by atoms with Crippen LogP contribution in [-0.4, -0.2) is 43.8 Å². The molecule has 0 unspecified atom stereocenters. The van der Waals surface area contributed by atoms with Gasteiger partial charge in [0.2, 0.25) is 0 Å². The van der Waals surface area contributed by atoms with E-state index < -0.39 is 11.9 Å². The molecule has 0 saturated carbocycles. The molecular formula is C13H22F3IN4OS. The molecule has 23 heavy (non-hydrogen) atoms. The SMILES string of the molecule is CCNC(=NCCOCC)NCCc1nc(C(F)(F)F)cs1.I. The maximum absolute atomic E-state index is 12.4. The summed E-state index contributed by atoms with van der Waals surface area (Å²) in [7, 11) is 0. The van der Waals surface area contributed by atoms with Crippen molar-refractivity contribution in [1.29, 1.82) is 0 Å². The fourth-order valence-corrected chi connectivity index (χ4v) is 2.36. The summed E-state index contributed by atoms with van der Waals surface area (Å²) in [6, 6.07) is 0. The van der Waals surface area contributed by atoms with Gasteiger partial charge in [-0.3, -0.25) is 4.99 Å². The van der Waals surface area contributed by atoms with E-state index in [2.05, 4.69) is 20.6 Å². The minimum Gasteiger partial charge on any atom is -0.380 e. The lowest BCUT2D eigenvalue weighted by atomic mass is 10.4. The molecule has 5 nitrogen and oxygen atoms in total. The minimum absolute atomic E-state index is 0. The number of thiazole rings is 1. The van der Waals surface area contributed by atoms with E-state index in [0.717, 1.165) is 16.7 Å². The lowest BCUT2D eigenvalue weighted by Crippen LogP contribution is -2.38. The van der Waals surface area contributed by atoms with Crippen LogP contribution < -0.4 is 10.6 Å². The zero-order valence-corrected chi connectivity index (χ0v) is 16.2. The number of guanidine groups is 1. The van der Waals surface area contributed by atoms with E-state index >= 15 is 0 Å². The van der Waals surface area contributed by atoms with Crippen molar-refractivity contribution in [3.63, 3.8) is 0 Å².